The molecule has 122 valence electrons. The monoisotopic (exact) mass is 348 g/mol. The summed E-state index contributed by atoms with van der Waals surface area (Å²) in [6.07, 6.45) is 0.192. The lowest BCUT2D eigenvalue weighted by Crippen LogP contribution is -2.50. The van der Waals surface area contributed by atoms with Crippen LogP contribution >= 0.6 is 11.6 Å². The van der Waals surface area contributed by atoms with Crippen LogP contribution in [0.2, 0.25) is 5.02 Å². The van der Waals surface area contributed by atoms with E-state index in [2.05, 4.69) is 10.0 Å². The van der Waals surface area contributed by atoms with Crippen molar-refractivity contribution in [2.45, 2.75) is 37.2 Å². The van der Waals surface area contributed by atoms with Gasteiger partial charge in [-0.25, -0.2) is 13.2 Å². The van der Waals surface area contributed by atoms with Gasteiger partial charge in [-0.2, -0.15) is 4.72 Å². The smallest absolute Gasteiger partial charge is 0.326 e. The third kappa shape index (κ3) is 4.97. The first-order valence-electron chi connectivity index (χ1n) is 6.48. The molecule has 0 fully saturated rings. The number of amides is 1. The zero-order valence-electron chi connectivity index (χ0n) is 12.0. The van der Waals surface area contributed by atoms with E-state index in [-0.39, 0.29) is 11.3 Å². The second-order valence-corrected chi connectivity index (χ2v) is 6.75. The van der Waals surface area contributed by atoms with Gasteiger partial charge < -0.3 is 10.4 Å². The normalized spacial score (nSPS) is 14.1. The van der Waals surface area contributed by atoms with Gasteiger partial charge in [0.1, 0.15) is 6.04 Å². The summed E-state index contributed by atoms with van der Waals surface area (Å²) in [5.74, 6) is -1.89. The highest BCUT2D eigenvalue weighted by atomic mass is 35.5. The molecule has 7 nitrogen and oxygen atoms in total. The van der Waals surface area contributed by atoms with Crippen LogP contribution in [0.15, 0.2) is 29.2 Å². The van der Waals surface area contributed by atoms with Crippen LogP contribution in [0.4, 0.5) is 0 Å². The van der Waals surface area contributed by atoms with Crippen molar-refractivity contribution in [3.8, 4) is 0 Å². The van der Waals surface area contributed by atoms with Gasteiger partial charge in [0.2, 0.25) is 15.9 Å². The molecule has 0 saturated heterocycles. The summed E-state index contributed by atoms with van der Waals surface area (Å²) in [4.78, 5) is 22.7. The Hall–Kier alpha value is -1.64. The Balaban J connectivity index is 2.78. The molecule has 1 rings (SSSR count). The van der Waals surface area contributed by atoms with Crippen LogP contribution in [-0.2, 0) is 19.6 Å². The number of sulfonamides is 1. The lowest BCUT2D eigenvalue weighted by molar-refractivity contribution is -0.142. The number of carbonyl (C=O) groups is 2. The van der Waals surface area contributed by atoms with E-state index in [0.29, 0.717) is 5.02 Å². The Bertz CT molecular complexity index is 645. The van der Waals surface area contributed by atoms with Crippen molar-refractivity contribution in [2.24, 2.45) is 0 Å². The van der Waals surface area contributed by atoms with Gasteiger partial charge in [0.05, 0.1) is 10.9 Å². The number of carboxylic acids is 1. The average Bonchev–Trinajstić information content (AvgIpc) is 2.43. The Morgan fingerprint density at radius 1 is 1.27 bits per heavy atom. The summed E-state index contributed by atoms with van der Waals surface area (Å²) < 4.78 is 26.4. The highest BCUT2D eigenvalue weighted by Gasteiger charge is 2.25. The predicted octanol–water partition coefficient (Wildman–Crippen LogP) is 0.986. The zero-order valence-corrected chi connectivity index (χ0v) is 13.6. The van der Waals surface area contributed by atoms with Crippen LogP contribution in [0.1, 0.15) is 20.3 Å². The van der Waals surface area contributed by atoms with Gasteiger partial charge in [-0.15, -0.1) is 0 Å². The second kappa shape index (κ2) is 7.57. The molecule has 0 saturated carbocycles. The van der Waals surface area contributed by atoms with Gasteiger partial charge in [-0.05, 0) is 37.6 Å². The Kier molecular flexibility index (Phi) is 6.34. The van der Waals surface area contributed by atoms with E-state index in [1.54, 1.807) is 6.92 Å². The van der Waals surface area contributed by atoms with E-state index in [1.807, 2.05) is 0 Å². The van der Waals surface area contributed by atoms with E-state index in [4.69, 9.17) is 16.7 Å². The van der Waals surface area contributed by atoms with Gasteiger partial charge in [0, 0.05) is 5.02 Å². The first-order chi connectivity index (χ1) is 10.2. The van der Waals surface area contributed by atoms with Gasteiger partial charge in [-0.1, -0.05) is 18.5 Å². The number of carboxylic acid groups (broad SMARTS) is 1. The first kappa shape index (κ1) is 18.4. The van der Waals surface area contributed by atoms with Gasteiger partial charge >= 0.3 is 5.97 Å². The molecule has 0 aliphatic rings. The third-order valence-corrected chi connectivity index (χ3v) is 4.68. The first-order valence-corrected chi connectivity index (χ1v) is 8.34. The van der Waals surface area contributed by atoms with E-state index < -0.39 is 34.0 Å². The summed E-state index contributed by atoms with van der Waals surface area (Å²) in [6.45, 7) is 2.93. The molecule has 2 atom stereocenters. The van der Waals surface area contributed by atoms with E-state index in [0.717, 1.165) is 0 Å². The van der Waals surface area contributed by atoms with Crippen LogP contribution in [0.5, 0.6) is 0 Å². The molecule has 9 heteroatoms. The molecule has 0 radical (unpaired) electrons. The van der Waals surface area contributed by atoms with Crippen molar-refractivity contribution in [3.05, 3.63) is 29.3 Å². The summed E-state index contributed by atoms with van der Waals surface area (Å²) in [5.41, 5.74) is 0. The molecule has 0 aliphatic heterocycles. The fourth-order valence-electron chi connectivity index (χ4n) is 1.60. The standard InChI is InChI=1S/C13H17ClN2O5S/c1-3-11(13(18)19)15-12(17)8(2)16-22(20,21)10-6-4-9(14)5-7-10/h4-8,11,16H,3H2,1-2H3,(H,15,17)(H,18,19). The van der Waals surface area contributed by atoms with Crippen molar-refractivity contribution in [2.75, 3.05) is 0 Å². The van der Waals surface area contributed by atoms with Crippen molar-refractivity contribution in [1.29, 1.82) is 0 Å². The highest BCUT2D eigenvalue weighted by molar-refractivity contribution is 7.89. The number of hydrogen-bond acceptors (Lipinski definition) is 4. The highest BCUT2D eigenvalue weighted by Crippen LogP contribution is 2.14. The minimum absolute atomic E-state index is 0.0400. The SMILES string of the molecule is CCC(NC(=O)C(C)NS(=O)(=O)c1ccc(Cl)cc1)C(=O)O. The molecule has 0 heterocycles. The molecule has 0 bridgehead atoms. The second-order valence-electron chi connectivity index (χ2n) is 4.60. The topological polar surface area (TPSA) is 113 Å². The van der Waals surface area contributed by atoms with E-state index in [1.165, 1.54) is 31.2 Å². The molecule has 1 aromatic rings. The number of benzene rings is 1. The van der Waals surface area contributed by atoms with Crippen molar-refractivity contribution in [3.63, 3.8) is 0 Å². The van der Waals surface area contributed by atoms with Crippen LogP contribution in [0.3, 0.4) is 0 Å². The zero-order chi connectivity index (χ0) is 16.9. The van der Waals surface area contributed by atoms with E-state index >= 15 is 0 Å². The van der Waals surface area contributed by atoms with Crippen LogP contribution in [0, 0.1) is 0 Å². The molecule has 1 aromatic carbocycles. The molecule has 0 aliphatic carbocycles. The van der Waals surface area contributed by atoms with Crippen molar-refractivity contribution < 1.29 is 23.1 Å². The maximum absolute atomic E-state index is 12.1. The van der Waals surface area contributed by atoms with Gasteiger partial charge in [0.15, 0.2) is 0 Å². The maximum atomic E-state index is 12.1. The lowest BCUT2D eigenvalue weighted by Gasteiger charge is -2.17. The Morgan fingerprint density at radius 3 is 2.27 bits per heavy atom. The van der Waals surface area contributed by atoms with Gasteiger partial charge in [0.25, 0.3) is 0 Å². The fraction of sp³-hybridized carbons (Fsp3) is 0.385. The molecule has 0 spiro atoms. The summed E-state index contributed by atoms with van der Waals surface area (Å²) in [7, 11) is -3.90. The summed E-state index contributed by atoms with van der Waals surface area (Å²) >= 11 is 5.69. The maximum Gasteiger partial charge on any atom is 0.326 e. The molecule has 1 amide bonds. The summed E-state index contributed by atoms with van der Waals surface area (Å²) in [6, 6.07) is 3.27. The molecule has 2 unspecified atom stereocenters. The third-order valence-electron chi connectivity index (χ3n) is 2.87. The minimum Gasteiger partial charge on any atom is -0.480 e. The molecule has 0 aromatic heterocycles. The number of nitrogens with one attached hydrogen (secondary N) is 2. The summed E-state index contributed by atoms with van der Waals surface area (Å²) in [5, 5.41) is 11.5. The largest absolute Gasteiger partial charge is 0.480 e. The number of aliphatic carboxylic acids is 1. The molecule has 22 heavy (non-hydrogen) atoms. The Labute approximate surface area is 133 Å². The van der Waals surface area contributed by atoms with Crippen LogP contribution < -0.4 is 10.0 Å². The Morgan fingerprint density at radius 2 is 1.82 bits per heavy atom. The van der Waals surface area contributed by atoms with Crippen molar-refractivity contribution in [1.82, 2.24) is 10.0 Å². The average molecular weight is 349 g/mol. The van der Waals surface area contributed by atoms with Crippen LogP contribution in [-0.4, -0.2) is 37.5 Å². The quantitative estimate of drug-likeness (QED) is 0.680. The van der Waals surface area contributed by atoms with Crippen LogP contribution in [0.25, 0.3) is 0 Å². The molecular weight excluding hydrogens is 332 g/mol. The molecular formula is C13H17ClN2O5S. The van der Waals surface area contributed by atoms with E-state index in [9.17, 15) is 18.0 Å². The van der Waals surface area contributed by atoms with Crippen molar-refractivity contribution >= 4 is 33.5 Å². The predicted molar refractivity (Wildman–Crippen MR) is 81.1 cm³/mol. The number of rotatable bonds is 7. The number of carbonyl (C=O) groups excluding carboxylic acids is 1. The number of hydrogen-bond donors (Lipinski definition) is 3. The number of halogens is 1. The molecule has 3 N–H and O–H groups in total. The van der Waals surface area contributed by atoms with Gasteiger partial charge in [-0.3, -0.25) is 4.79 Å². The fourth-order valence-corrected chi connectivity index (χ4v) is 2.93. The minimum atomic E-state index is -3.90. The lowest BCUT2D eigenvalue weighted by atomic mass is 10.2.